The van der Waals surface area contributed by atoms with Crippen LogP contribution >= 0.6 is 0 Å². The van der Waals surface area contributed by atoms with Crippen LogP contribution < -0.4 is 9.47 Å². The van der Waals surface area contributed by atoms with Crippen LogP contribution in [0.4, 0.5) is 0 Å². The van der Waals surface area contributed by atoms with Crippen molar-refractivity contribution in [2.75, 3.05) is 28.3 Å². The van der Waals surface area contributed by atoms with Crippen molar-refractivity contribution in [1.82, 2.24) is 4.90 Å². The minimum absolute atomic E-state index is 0.208. The van der Waals surface area contributed by atoms with Crippen molar-refractivity contribution >= 4 is 0 Å². The van der Waals surface area contributed by atoms with Gasteiger partial charge in [0.2, 0.25) is 0 Å². The predicted molar refractivity (Wildman–Crippen MR) is 84.0 cm³/mol. The van der Waals surface area contributed by atoms with Gasteiger partial charge in [0.05, 0.1) is 19.8 Å². The van der Waals surface area contributed by atoms with E-state index in [2.05, 4.69) is 19.0 Å². The molecule has 118 valence electrons. The van der Waals surface area contributed by atoms with Gasteiger partial charge < -0.3 is 19.5 Å². The Morgan fingerprint density at radius 2 is 1.76 bits per heavy atom. The summed E-state index contributed by atoms with van der Waals surface area (Å²) < 4.78 is 10.7. The maximum atomic E-state index is 11.1. The monoisotopic (exact) mass is 293 g/mol. The Labute approximate surface area is 127 Å². The van der Waals surface area contributed by atoms with Gasteiger partial charge in [0.25, 0.3) is 0 Å². The molecule has 0 spiro atoms. The number of hydrogen-bond donors (Lipinski definition) is 1. The van der Waals surface area contributed by atoms with Gasteiger partial charge in [0.1, 0.15) is 17.6 Å². The van der Waals surface area contributed by atoms with E-state index in [9.17, 15) is 5.11 Å². The maximum Gasteiger partial charge on any atom is 0.128 e. The molecule has 2 rings (SSSR count). The molecule has 4 heteroatoms. The smallest absolute Gasteiger partial charge is 0.128 e. The molecule has 1 aromatic carbocycles. The molecule has 1 aliphatic carbocycles. The number of nitrogens with zero attached hydrogens (tertiary/aromatic N) is 1. The highest BCUT2D eigenvalue weighted by Crippen LogP contribution is 2.44. The summed E-state index contributed by atoms with van der Waals surface area (Å²) in [7, 11) is 7.39. The van der Waals surface area contributed by atoms with Crippen LogP contribution in [0.2, 0.25) is 0 Å². The van der Waals surface area contributed by atoms with E-state index in [0.717, 1.165) is 37.0 Å². The van der Waals surface area contributed by atoms with Gasteiger partial charge in [-0.25, -0.2) is 0 Å². The van der Waals surface area contributed by atoms with Crippen LogP contribution in [0, 0.1) is 0 Å². The van der Waals surface area contributed by atoms with Crippen LogP contribution in [0.5, 0.6) is 11.5 Å². The Morgan fingerprint density at radius 1 is 1.10 bits per heavy atom. The fraction of sp³-hybridized carbons (Fsp3) is 0.647. The Morgan fingerprint density at radius 3 is 2.29 bits per heavy atom. The lowest BCUT2D eigenvalue weighted by Gasteiger charge is -2.46. The third kappa shape index (κ3) is 3.01. The summed E-state index contributed by atoms with van der Waals surface area (Å²) in [5.41, 5.74) is 0.633. The second kappa shape index (κ2) is 6.67. The van der Waals surface area contributed by atoms with Gasteiger partial charge in [-0.2, -0.15) is 0 Å². The summed E-state index contributed by atoms with van der Waals surface area (Å²) >= 11 is 0. The topological polar surface area (TPSA) is 41.9 Å². The molecule has 0 aliphatic heterocycles. The van der Waals surface area contributed by atoms with Crippen molar-refractivity contribution in [3.8, 4) is 11.5 Å². The molecule has 0 amide bonds. The summed E-state index contributed by atoms with van der Waals surface area (Å²) in [5.74, 6) is 1.43. The van der Waals surface area contributed by atoms with Gasteiger partial charge in [0.15, 0.2) is 0 Å². The summed E-state index contributed by atoms with van der Waals surface area (Å²) in [5, 5.41) is 11.1. The normalized spacial score (nSPS) is 19.3. The van der Waals surface area contributed by atoms with Crippen LogP contribution in [-0.2, 0) is 0 Å². The van der Waals surface area contributed by atoms with Crippen LogP contribution in [0.1, 0.15) is 43.8 Å². The molecule has 1 aromatic rings. The van der Waals surface area contributed by atoms with E-state index in [1.807, 2.05) is 18.2 Å². The van der Waals surface area contributed by atoms with Crippen LogP contribution in [0.15, 0.2) is 18.2 Å². The number of benzene rings is 1. The molecule has 1 aliphatic rings. The second-order valence-corrected chi connectivity index (χ2v) is 6.07. The van der Waals surface area contributed by atoms with Gasteiger partial charge in [-0.1, -0.05) is 19.3 Å². The van der Waals surface area contributed by atoms with Crippen LogP contribution in [0.3, 0.4) is 0 Å². The fourth-order valence-corrected chi connectivity index (χ4v) is 3.46. The molecule has 0 bridgehead atoms. The van der Waals surface area contributed by atoms with Gasteiger partial charge in [-0.05, 0) is 39.1 Å². The standard InChI is InChI=1S/C17H27NO3/c1-18(2)17(10-6-5-7-11-17)16(19)14-9-8-13(20-3)12-15(14)21-4/h8-9,12,16,19H,5-7,10-11H2,1-4H3. The third-order valence-corrected chi connectivity index (χ3v) is 4.85. The molecule has 1 unspecified atom stereocenters. The van der Waals surface area contributed by atoms with Gasteiger partial charge in [-0.3, -0.25) is 0 Å². The zero-order valence-electron chi connectivity index (χ0n) is 13.6. The highest BCUT2D eigenvalue weighted by molar-refractivity contribution is 5.43. The Balaban J connectivity index is 2.39. The quantitative estimate of drug-likeness (QED) is 0.906. The summed E-state index contributed by atoms with van der Waals surface area (Å²) in [6.45, 7) is 0. The SMILES string of the molecule is COc1ccc(C(O)C2(N(C)C)CCCCC2)c(OC)c1. The second-order valence-electron chi connectivity index (χ2n) is 6.07. The predicted octanol–water partition coefficient (Wildman–Crippen LogP) is 3.00. The number of likely N-dealkylation sites (N-methyl/N-ethyl adjacent to an activating group) is 1. The van der Waals surface area contributed by atoms with E-state index >= 15 is 0 Å². The Bertz CT molecular complexity index is 467. The number of aliphatic hydroxyl groups is 1. The lowest BCUT2D eigenvalue weighted by atomic mass is 9.74. The van der Waals surface area contributed by atoms with Crippen molar-refractivity contribution < 1.29 is 14.6 Å². The molecule has 1 saturated carbocycles. The Hall–Kier alpha value is -1.26. The minimum Gasteiger partial charge on any atom is -0.497 e. The largest absolute Gasteiger partial charge is 0.497 e. The number of ether oxygens (including phenoxy) is 2. The minimum atomic E-state index is -0.561. The van der Waals surface area contributed by atoms with E-state index in [0.29, 0.717) is 5.75 Å². The van der Waals surface area contributed by atoms with Gasteiger partial charge in [0, 0.05) is 11.6 Å². The van der Waals surface area contributed by atoms with Crippen molar-refractivity contribution in [3.05, 3.63) is 23.8 Å². The molecular weight excluding hydrogens is 266 g/mol. The van der Waals surface area contributed by atoms with E-state index in [-0.39, 0.29) is 5.54 Å². The molecule has 21 heavy (non-hydrogen) atoms. The molecule has 0 saturated heterocycles. The molecule has 0 aromatic heterocycles. The van der Waals surface area contributed by atoms with Gasteiger partial charge >= 0.3 is 0 Å². The zero-order chi connectivity index (χ0) is 15.5. The first kappa shape index (κ1) is 16.1. The van der Waals surface area contributed by atoms with Gasteiger partial charge in [-0.15, -0.1) is 0 Å². The number of methoxy groups -OCH3 is 2. The highest BCUT2D eigenvalue weighted by atomic mass is 16.5. The molecule has 0 radical (unpaired) electrons. The van der Waals surface area contributed by atoms with Crippen molar-refractivity contribution in [1.29, 1.82) is 0 Å². The summed E-state index contributed by atoms with van der Waals surface area (Å²) in [6.07, 6.45) is 5.03. The first-order chi connectivity index (χ1) is 10.0. The molecule has 4 nitrogen and oxygen atoms in total. The summed E-state index contributed by atoms with van der Waals surface area (Å²) in [6, 6.07) is 5.64. The van der Waals surface area contributed by atoms with Crippen molar-refractivity contribution in [2.45, 2.75) is 43.7 Å². The molecule has 1 N–H and O–H groups in total. The average molecular weight is 293 g/mol. The maximum absolute atomic E-state index is 11.1. The Kier molecular flexibility index (Phi) is 5.12. The molecule has 1 atom stereocenters. The number of rotatable bonds is 5. The molecular formula is C17H27NO3. The van der Waals surface area contributed by atoms with E-state index in [4.69, 9.17) is 9.47 Å². The first-order valence-corrected chi connectivity index (χ1v) is 7.62. The van der Waals surface area contributed by atoms with E-state index in [1.54, 1.807) is 14.2 Å². The van der Waals surface area contributed by atoms with E-state index < -0.39 is 6.10 Å². The number of aliphatic hydroxyl groups excluding tert-OH is 1. The van der Waals surface area contributed by atoms with E-state index in [1.165, 1.54) is 6.42 Å². The average Bonchev–Trinajstić information content (AvgIpc) is 2.53. The molecule has 1 fully saturated rings. The lowest BCUT2D eigenvalue weighted by molar-refractivity contribution is -0.0345. The first-order valence-electron chi connectivity index (χ1n) is 7.62. The third-order valence-electron chi connectivity index (χ3n) is 4.85. The van der Waals surface area contributed by atoms with Crippen LogP contribution in [0.25, 0.3) is 0 Å². The summed E-state index contributed by atoms with van der Waals surface area (Å²) in [4.78, 5) is 2.18. The zero-order valence-corrected chi connectivity index (χ0v) is 13.6. The molecule has 0 heterocycles. The lowest BCUT2D eigenvalue weighted by Crippen LogP contribution is -2.50. The van der Waals surface area contributed by atoms with Crippen molar-refractivity contribution in [2.24, 2.45) is 0 Å². The van der Waals surface area contributed by atoms with Crippen molar-refractivity contribution in [3.63, 3.8) is 0 Å². The van der Waals surface area contributed by atoms with Crippen LogP contribution in [-0.4, -0.2) is 43.9 Å². The number of hydrogen-bond acceptors (Lipinski definition) is 4. The highest BCUT2D eigenvalue weighted by Gasteiger charge is 2.42. The fourth-order valence-electron chi connectivity index (χ4n) is 3.46.